The molecule has 0 spiro atoms. The first-order valence-electron chi connectivity index (χ1n) is 9.08. The highest BCUT2D eigenvalue weighted by Gasteiger charge is 2.20. The number of fused-ring (bicyclic) bond motifs is 1. The summed E-state index contributed by atoms with van der Waals surface area (Å²) in [5, 5.41) is 2.59. The van der Waals surface area contributed by atoms with Crippen LogP contribution in [0.3, 0.4) is 0 Å². The van der Waals surface area contributed by atoms with Crippen molar-refractivity contribution in [2.24, 2.45) is 0 Å². The van der Waals surface area contributed by atoms with Gasteiger partial charge in [0.25, 0.3) is 0 Å². The van der Waals surface area contributed by atoms with E-state index in [0.29, 0.717) is 27.3 Å². The summed E-state index contributed by atoms with van der Waals surface area (Å²) in [7, 11) is 1.33. The van der Waals surface area contributed by atoms with Gasteiger partial charge in [0.05, 0.1) is 12.7 Å². The Morgan fingerprint density at radius 1 is 0.828 bits per heavy atom. The molecule has 4 aromatic carbocycles. The summed E-state index contributed by atoms with van der Waals surface area (Å²) in [6.07, 6.45) is 0.734. The molecule has 0 radical (unpaired) electrons. The van der Waals surface area contributed by atoms with Gasteiger partial charge in [-0.15, -0.1) is 0 Å². The molecule has 4 rings (SSSR count). The minimum Gasteiger partial charge on any atom is -0.465 e. The number of hydrogen-bond donors (Lipinski definition) is 0. The summed E-state index contributed by atoms with van der Waals surface area (Å²) >= 11 is 6.40. The van der Waals surface area contributed by atoms with E-state index in [1.165, 1.54) is 7.11 Å². The average Bonchev–Trinajstić information content (AvgIpc) is 2.77. The number of carbonyl (C=O) groups excluding carboxylic acids is 2. The monoisotopic (exact) mass is 400 g/mol. The second-order valence-corrected chi connectivity index (χ2v) is 7.01. The van der Waals surface area contributed by atoms with E-state index in [-0.39, 0.29) is 0 Å². The lowest BCUT2D eigenvalue weighted by atomic mass is 9.89. The zero-order valence-electron chi connectivity index (χ0n) is 15.7. The quantitative estimate of drug-likeness (QED) is 0.293. The largest absolute Gasteiger partial charge is 0.465 e. The van der Waals surface area contributed by atoms with Crippen LogP contribution in [0.4, 0.5) is 0 Å². The molecule has 0 saturated heterocycles. The molecule has 0 aliphatic carbocycles. The highest BCUT2D eigenvalue weighted by atomic mass is 35.5. The fourth-order valence-corrected chi connectivity index (χ4v) is 3.83. The van der Waals surface area contributed by atoms with E-state index in [1.54, 1.807) is 12.1 Å². The molecule has 29 heavy (non-hydrogen) atoms. The lowest BCUT2D eigenvalue weighted by molar-refractivity contribution is 0.0601. The number of aldehydes is 1. The SMILES string of the molecule is COC(=O)c1cc(C=O)c(-c2ccccc2Cl)cc1-c1cccc2ccccc12. The summed E-state index contributed by atoms with van der Waals surface area (Å²) in [4.78, 5) is 24.4. The Balaban J connectivity index is 2.09. The van der Waals surface area contributed by atoms with Gasteiger partial charge in [-0.05, 0) is 45.7 Å². The number of halogens is 1. The Kier molecular flexibility index (Phi) is 5.15. The molecule has 3 nitrogen and oxygen atoms in total. The maximum absolute atomic E-state index is 12.6. The van der Waals surface area contributed by atoms with Crippen molar-refractivity contribution in [1.29, 1.82) is 0 Å². The Morgan fingerprint density at radius 2 is 1.52 bits per heavy atom. The Morgan fingerprint density at radius 3 is 2.28 bits per heavy atom. The van der Waals surface area contributed by atoms with Crippen LogP contribution in [0.5, 0.6) is 0 Å². The topological polar surface area (TPSA) is 43.4 Å². The molecule has 0 fully saturated rings. The predicted octanol–water partition coefficient (Wildman–Crippen LogP) is 6.43. The van der Waals surface area contributed by atoms with E-state index in [4.69, 9.17) is 16.3 Å². The second-order valence-electron chi connectivity index (χ2n) is 6.60. The highest BCUT2D eigenvalue weighted by molar-refractivity contribution is 6.33. The van der Waals surface area contributed by atoms with Crippen molar-refractivity contribution < 1.29 is 14.3 Å². The fourth-order valence-electron chi connectivity index (χ4n) is 3.59. The van der Waals surface area contributed by atoms with Crippen LogP contribution in [0.2, 0.25) is 5.02 Å². The first kappa shape index (κ1) is 18.9. The van der Waals surface area contributed by atoms with Crippen LogP contribution in [0.25, 0.3) is 33.0 Å². The van der Waals surface area contributed by atoms with E-state index < -0.39 is 5.97 Å². The lowest BCUT2D eigenvalue weighted by Crippen LogP contribution is -2.06. The molecular weight excluding hydrogens is 384 g/mol. The highest BCUT2D eigenvalue weighted by Crippen LogP contribution is 2.38. The van der Waals surface area contributed by atoms with Crippen molar-refractivity contribution in [2.75, 3.05) is 7.11 Å². The van der Waals surface area contributed by atoms with E-state index >= 15 is 0 Å². The van der Waals surface area contributed by atoms with Gasteiger partial charge in [-0.2, -0.15) is 0 Å². The van der Waals surface area contributed by atoms with Gasteiger partial charge in [-0.25, -0.2) is 4.79 Å². The van der Waals surface area contributed by atoms with Crippen molar-refractivity contribution >= 4 is 34.6 Å². The van der Waals surface area contributed by atoms with Gasteiger partial charge in [-0.1, -0.05) is 72.3 Å². The number of hydrogen-bond acceptors (Lipinski definition) is 3. The van der Waals surface area contributed by atoms with Crippen LogP contribution >= 0.6 is 11.6 Å². The van der Waals surface area contributed by atoms with Crippen molar-refractivity contribution in [3.05, 3.63) is 95.0 Å². The summed E-state index contributed by atoms with van der Waals surface area (Å²) in [5.41, 5.74) is 3.68. The number of methoxy groups -OCH3 is 1. The number of ether oxygens (including phenoxy) is 1. The van der Waals surface area contributed by atoms with E-state index in [2.05, 4.69) is 0 Å². The minimum absolute atomic E-state index is 0.335. The minimum atomic E-state index is -0.498. The third-order valence-electron chi connectivity index (χ3n) is 4.97. The molecule has 0 bridgehead atoms. The van der Waals surface area contributed by atoms with Gasteiger partial charge in [0.1, 0.15) is 0 Å². The van der Waals surface area contributed by atoms with E-state index in [9.17, 15) is 9.59 Å². The summed E-state index contributed by atoms with van der Waals surface area (Å²) in [6.45, 7) is 0. The van der Waals surface area contributed by atoms with Gasteiger partial charge >= 0.3 is 5.97 Å². The molecular formula is C25H17ClO3. The molecule has 0 heterocycles. The Labute approximate surface area is 173 Å². The molecule has 0 N–H and O–H groups in total. The number of rotatable bonds is 4. The third kappa shape index (κ3) is 3.41. The van der Waals surface area contributed by atoms with Gasteiger partial charge in [-0.3, -0.25) is 4.79 Å². The van der Waals surface area contributed by atoms with Crippen LogP contribution in [0.1, 0.15) is 20.7 Å². The van der Waals surface area contributed by atoms with Crippen LogP contribution in [0, 0.1) is 0 Å². The fraction of sp³-hybridized carbons (Fsp3) is 0.0400. The van der Waals surface area contributed by atoms with Crippen LogP contribution in [-0.4, -0.2) is 19.4 Å². The number of esters is 1. The molecule has 4 heteroatoms. The number of carbonyl (C=O) groups is 2. The van der Waals surface area contributed by atoms with Crippen LogP contribution in [-0.2, 0) is 4.74 Å². The smallest absolute Gasteiger partial charge is 0.338 e. The third-order valence-corrected chi connectivity index (χ3v) is 5.30. The van der Waals surface area contributed by atoms with Crippen LogP contribution < -0.4 is 0 Å². The Bertz CT molecular complexity index is 1240. The Hall–Kier alpha value is -3.43. The molecule has 0 unspecified atom stereocenters. The van der Waals surface area contributed by atoms with Gasteiger partial charge in [0.2, 0.25) is 0 Å². The van der Waals surface area contributed by atoms with Gasteiger partial charge in [0.15, 0.2) is 6.29 Å². The average molecular weight is 401 g/mol. The molecule has 0 aliphatic heterocycles. The first-order valence-corrected chi connectivity index (χ1v) is 9.46. The zero-order chi connectivity index (χ0) is 20.4. The van der Waals surface area contributed by atoms with Gasteiger partial charge in [0, 0.05) is 16.1 Å². The van der Waals surface area contributed by atoms with Crippen molar-refractivity contribution in [3.8, 4) is 22.3 Å². The zero-order valence-corrected chi connectivity index (χ0v) is 16.4. The maximum atomic E-state index is 12.6. The molecule has 4 aromatic rings. The number of benzene rings is 4. The summed E-state index contributed by atoms with van der Waals surface area (Å²) < 4.78 is 5.00. The van der Waals surface area contributed by atoms with Crippen LogP contribution in [0.15, 0.2) is 78.9 Å². The standard InChI is InChI=1S/C25H17ClO3/c1-29-25(28)23-13-17(15-27)21(20-10-4-5-12-24(20)26)14-22(23)19-11-6-8-16-7-2-3-9-18(16)19/h2-15H,1H3. The van der Waals surface area contributed by atoms with Crippen molar-refractivity contribution in [3.63, 3.8) is 0 Å². The van der Waals surface area contributed by atoms with E-state index in [1.807, 2.05) is 66.7 Å². The first-order chi connectivity index (χ1) is 14.1. The lowest BCUT2D eigenvalue weighted by Gasteiger charge is -2.16. The molecule has 0 amide bonds. The molecule has 0 aromatic heterocycles. The van der Waals surface area contributed by atoms with Crippen molar-refractivity contribution in [2.45, 2.75) is 0 Å². The second kappa shape index (κ2) is 7.90. The van der Waals surface area contributed by atoms with E-state index in [0.717, 1.165) is 28.2 Å². The van der Waals surface area contributed by atoms with Gasteiger partial charge < -0.3 is 4.74 Å². The molecule has 0 aliphatic rings. The normalized spacial score (nSPS) is 10.7. The summed E-state index contributed by atoms with van der Waals surface area (Å²) in [6, 6.07) is 24.6. The summed E-state index contributed by atoms with van der Waals surface area (Å²) in [5.74, 6) is -0.498. The predicted molar refractivity (Wildman–Crippen MR) is 117 cm³/mol. The molecule has 142 valence electrons. The van der Waals surface area contributed by atoms with Crippen molar-refractivity contribution in [1.82, 2.24) is 0 Å². The maximum Gasteiger partial charge on any atom is 0.338 e. The molecule has 0 atom stereocenters. The molecule has 0 saturated carbocycles.